The molecule has 0 amide bonds. The largest absolute Gasteiger partial charge is 0.508 e. The molecule has 1 unspecified atom stereocenters. The smallest absolute Gasteiger partial charge is 0.126 e. The van der Waals surface area contributed by atoms with Crippen LogP contribution in [0.1, 0.15) is 35.3 Å². The third-order valence-corrected chi connectivity index (χ3v) is 3.54. The summed E-state index contributed by atoms with van der Waals surface area (Å²) in [6, 6.07) is 13.2. The summed E-state index contributed by atoms with van der Waals surface area (Å²) in [5, 5.41) is 9.55. The minimum atomic E-state index is -0.0997. The number of hydrogen-bond acceptors (Lipinski definition) is 3. The molecule has 3 heteroatoms. The Hall–Kier alpha value is -2.00. The number of ether oxygens (including phenoxy) is 1. The van der Waals surface area contributed by atoms with Crippen LogP contribution in [0.25, 0.3) is 0 Å². The van der Waals surface area contributed by atoms with E-state index in [9.17, 15) is 5.11 Å². The van der Waals surface area contributed by atoms with Gasteiger partial charge in [-0.1, -0.05) is 29.8 Å². The van der Waals surface area contributed by atoms with Crippen LogP contribution in [0, 0.1) is 6.92 Å². The predicted octanol–water partition coefficient (Wildman–Crippen LogP) is 3.22. The fraction of sp³-hybridized carbons (Fsp3) is 0.250. The van der Waals surface area contributed by atoms with E-state index in [1.54, 1.807) is 12.1 Å². The quantitative estimate of drug-likeness (QED) is 0.822. The molecule has 0 radical (unpaired) electrons. The lowest BCUT2D eigenvalue weighted by molar-refractivity contribution is 0.161. The van der Waals surface area contributed by atoms with Crippen LogP contribution >= 0.6 is 0 Å². The zero-order valence-electron chi connectivity index (χ0n) is 10.8. The maximum atomic E-state index is 9.55. The van der Waals surface area contributed by atoms with Gasteiger partial charge < -0.3 is 15.6 Å². The van der Waals surface area contributed by atoms with Gasteiger partial charge in [0.2, 0.25) is 0 Å². The van der Waals surface area contributed by atoms with E-state index < -0.39 is 0 Å². The van der Waals surface area contributed by atoms with Gasteiger partial charge in [0.15, 0.2) is 0 Å². The Morgan fingerprint density at radius 2 is 2.05 bits per heavy atom. The molecule has 2 aromatic carbocycles. The second-order valence-electron chi connectivity index (χ2n) is 5.08. The third kappa shape index (κ3) is 2.29. The zero-order valence-corrected chi connectivity index (χ0v) is 10.8. The van der Waals surface area contributed by atoms with Crippen LogP contribution in [0.15, 0.2) is 42.5 Å². The Bertz CT molecular complexity index is 609. The number of benzene rings is 2. The number of aryl methyl sites for hydroxylation is 1. The predicted molar refractivity (Wildman–Crippen MR) is 74.2 cm³/mol. The van der Waals surface area contributed by atoms with Gasteiger partial charge in [0, 0.05) is 18.0 Å². The highest BCUT2D eigenvalue weighted by atomic mass is 16.5. The first-order valence-electron chi connectivity index (χ1n) is 6.45. The minimum Gasteiger partial charge on any atom is -0.508 e. The lowest BCUT2D eigenvalue weighted by Gasteiger charge is -2.30. The molecule has 1 aliphatic rings. The molecule has 0 bridgehead atoms. The Morgan fingerprint density at radius 1 is 1.21 bits per heavy atom. The number of rotatable bonds is 1. The van der Waals surface area contributed by atoms with Crippen molar-refractivity contribution < 1.29 is 9.84 Å². The molecule has 1 aliphatic heterocycles. The summed E-state index contributed by atoms with van der Waals surface area (Å²) in [7, 11) is 0. The summed E-state index contributed by atoms with van der Waals surface area (Å²) in [4.78, 5) is 0. The van der Waals surface area contributed by atoms with Gasteiger partial charge in [-0.2, -0.15) is 0 Å². The van der Waals surface area contributed by atoms with Gasteiger partial charge in [-0.05, 0) is 30.7 Å². The maximum Gasteiger partial charge on any atom is 0.126 e. The van der Waals surface area contributed by atoms with Gasteiger partial charge in [-0.3, -0.25) is 0 Å². The number of hydrogen-bond donors (Lipinski definition) is 2. The molecular weight excluding hydrogens is 238 g/mol. The van der Waals surface area contributed by atoms with Crippen LogP contribution < -0.4 is 10.5 Å². The van der Waals surface area contributed by atoms with Crippen LogP contribution in [-0.4, -0.2) is 5.11 Å². The van der Waals surface area contributed by atoms with Crippen molar-refractivity contribution in [1.82, 2.24) is 0 Å². The first-order valence-corrected chi connectivity index (χ1v) is 6.45. The first kappa shape index (κ1) is 12.1. The molecule has 0 spiro atoms. The molecule has 3 nitrogen and oxygen atoms in total. The van der Waals surface area contributed by atoms with Gasteiger partial charge >= 0.3 is 0 Å². The summed E-state index contributed by atoms with van der Waals surface area (Å²) in [5.41, 5.74) is 9.45. The molecule has 0 aliphatic carbocycles. The van der Waals surface area contributed by atoms with Gasteiger partial charge in [0.05, 0.1) is 0 Å². The van der Waals surface area contributed by atoms with Crippen molar-refractivity contribution in [2.75, 3.05) is 0 Å². The third-order valence-electron chi connectivity index (χ3n) is 3.54. The van der Waals surface area contributed by atoms with Crippen LogP contribution in [0.5, 0.6) is 11.5 Å². The maximum absolute atomic E-state index is 9.55. The van der Waals surface area contributed by atoms with E-state index in [4.69, 9.17) is 10.5 Å². The van der Waals surface area contributed by atoms with Crippen LogP contribution in [0.4, 0.5) is 0 Å². The molecule has 0 fully saturated rings. The number of fused-ring (bicyclic) bond motifs is 1. The molecule has 2 atom stereocenters. The fourth-order valence-electron chi connectivity index (χ4n) is 2.55. The Labute approximate surface area is 112 Å². The van der Waals surface area contributed by atoms with E-state index >= 15 is 0 Å². The lowest BCUT2D eigenvalue weighted by Crippen LogP contribution is -2.24. The average Bonchev–Trinajstić information content (AvgIpc) is 2.39. The molecule has 2 aromatic rings. The SMILES string of the molecule is Cc1ccc2c(c1)[C@H](N)CC(c1cccc(O)c1)O2. The average molecular weight is 255 g/mol. The summed E-state index contributed by atoms with van der Waals surface area (Å²) in [6.07, 6.45) is 0.622. The first-order chi connectivity index (χ1) is 9.13. The second-order valence-corrected chi connectivity index (χ2v) is 5.08. The van der Waals surface area contributed by atoms with Crippen LogP contribution in [-0.2, 0) is 0 Å². The highest BCUT2D eigenvalue weighted by Crippen LogP contribution is 2.40. The van der Waals surface area contributed by atoms with E-state index in [-0.39, 0.29) is 17.9 Å². The number of aromatic hydroxyl groups is 1. The number of phenols is 1. The van der Waals surface area contributed by atoms with Crippen molar-refractivity contribution in [3.8, 4) is 11.5 Å². The Morgan fingerprint density at radius 3 is 2.84 bits per heavy atom. The van der Waals surface area contributed by atoms with Gasteiger partial charge in [-0.15, -0.1) is 0 Å². The van der Waals surface area contributed by atoms with Gasteiger partial charge in [0.1, 0.15) is 17.6 Å². The van der Waals surface area contributed by atoms with Gasteiger partial charge in [0.25, 0.3) is 0 Å². The molecule has 3 N–H and O–H groups in total. The normalized spacial score (nSPS) is 21.6. The zero-order chi connectivity index (χ0) is 13.4. The van der Waals surface area contributed by atoms with E-state index in [0.29, 0.717) is 0 Å². The molecular formula is C16H17NO2. The van der Waals surface area contributed by atoms with E-state index in [2.05, 4.69) is 6.07 Å². The molecule has 0 aromatic heterocycles. The van der Waals surface area contributed by atoms with Crippen molar-refractivity contribution in [3.63, 3.8) is 0 Å². The highest BCUT2D eigenvalue weighted by molar-refractivity contribution is 5.42. The molecule has 3 rings (SSSR count). The van der Waals surface area contributed by atoms with Crippen molar-refractivity contribution >= 4 is 0 Å². The van der Waals surface area contributed by atoms with Crippen molar-refractivity contribution in [1.29, 1.82) is 0 Å². The van der Waals surface area contributed by atoms with E-state index in [0.717, 1.165) is 23.3 Å². The highest BCUT2D eigenvalue weighted by Gasteiger charge is 2.27. The number of phenolic OH excluding ortho intramolecular Hbond substituents is 1. The molecule has 0 saturated carbocycles. The topological polar surface area (TPSA) is 55.5 Å². The molecule has 19 heavy (non-hydrogen) atoms. The summed E-state index contributed by atoms with van der Waals surface area (Å²) >= 11 is 0. The van der Waals surface area contributed by atoms with E-state index in [1.807, 2.05) is 31.2 Å². The molecule has 1 heterocycles. The molecule has 98 valence electrons. The lowest BCUT2D eigenvalue weighted by atomic mass is 9.92. The van der Waals surface area contributed by atoms with Crippen molar-refractivity contribution in [2.45, 2.75) is 25.5 Å². The van der Waals surface area contributed by atoms with Crippen molar-refractivity contribution in [3.05, 3.63) is 59.2 Å². The fourth-order valence-corrected chi connectivity index (χ4v) is 2.55. The Kier molecular flexibility index (Phi) is 2.91. The molecule has 0 saturated heterocycles. The van der Waals surface area contributed by atoms with Gasteiger partial charge in [-0.25, -0.2) is 0 Å². The second kappa shape index (κ2) is 4.59. The van der Waals surface area contributed by atoms with Crippen LogP contribution in [0.2, 0.25) is 0 Å². The summed E-state index contributed by atoms with van der Waals surface area (Å²) in [5.74, 6) is 1.10. The standard InChI is InChI=1S/C16H17NO2/c1-10-5-6-15-13(7-10)14(17)9-16(19-15)11-3-2-4-12(18)8-11/h2-8,14,16,18H,9,17H2,1H3/t14-,16?/m1/s1. The summed E-state index contributed by atoms with van der Waals surface area (Å²) < 4.78 is 6.01. The minimum absolute atomic E-state index is 0.0315. The summed E-state index contributed by atoms with van der Waals surface area (Å²) in [6.45, 7) is 2.05. The number of nitrogens with two attached hydrogens (primary N) is 1. The Balaban J connectivity index is 1.95. The monoisotopic (exact) mass is 255 g/mol. The van der Waals surface area contributed by atoms with Crippen molar-refractivity contribution in [2.24, 2.45) is 5.73 Å². The van der Waals surface area contributed by atoms with E-state index in [1.165, 1.54) is 5.56 Å². The van der Waals surface area contributed by atoms with Crippen LogP contribution in [0.3, 0.4) is 0 Å².